The maximum absolute atomic E-state index is 13.1. The molecule has 0 unspecified atom stereocenters. The van der Waals surface area contributed by atoms with Crippen LogP contribution in [0.1, 0.15) is 36.8 Å². The van der Waals surface area contributed by atoms with Gasteiger partial charge in [0.15, 0.2) is 0 Å². The molecule has 3 aliphatic rings. The minimum absolute atomic E-state index is 0. The minimum atomic E-state index is -0.926. The number of carbonyl (C=O) groups excluding carboxylic acids is 1. The molecule has 30 heavy (non-hydrogen) atoms. The quantitative estimate of drug-likeness (QED) is 0.766. The van der Waals surface area contributed by atoms with Gasteiger partial charge in [-0.15, -0.1) is 12.4 Å². The number of hydrogen-bond acceptors (Lipinski definition) is 4. The predicted octanol–water partition coefficient (Wildman–Crippen LogP) is 2.79. The lowest BCUT2D eigenvalue weighted by atomic mass is 9.92. The molecular weight excluding hydrogens is 406 g/mol. The van der Waals surface area contributed by atoms with E-state index in [9.17, 15) is 9.59 Å². The summed E-state index contributed by atoms with van der Waals surface area (Å²) in [6.45, 7) is 3.39. The molecule has 7 nitrogen and oxygen atoms in total. The van der Waals surface area contributed by atoms with Crippen molar-refractivity contribution in [3.05, 3.63) is 29.3 Å². The van der Waals surface area contributed by atoms with Crippen LogP contribution in [0.5, 0.6) is 0 Å². The van der Waals surface area contributed by atoms with E-state index in [0.717, 1.165) is 70.4 Å². The molecule has 0 atom stereocenters. The van der Waals surface area contributed by atoms with Crippen LogP contribution in [-0.4, -0.2) is 78.9 Å². The van der Waals surface area contributed by atoms with Gasteiger partial charge < -0.3 is 19.6 Å². The Balaban J connectivity index is 0.00000256. The monoisotopic (exact) mass is 437 g/mol. The lowest BCUT2D eigenvalue weighted by Crippen LogP contribution is -2.42. The number of nitrogens with zero attached hydrogens (tertiary/aromatic N) is 3. The van der Waals surface area contributed by atoms with Gasteiger partial charge in [0.05, 0.1) is 6.10 Å². The molecule has 1 aromatic rings. The lowest BCUT2D eigenvalue weighted by molar-refractivity contribution is -0.145. The van der Waals surface area contributed by atoms with Gasteiger partial charge in [-0.25, -0.2) is 9.59 Å². The summed E-state index contributed by atoms with van der Waals surface area (Å²) < 4.78 is 5.43. The summed E-state index contributed by atoms with van der Waals surface area (Å²) in [5.41, 5.74) is 3.79. The van der Waals surface area contributed by atoms with Crippen molar-refractivity contribution < 1.29 is 19.4 Å². The van der Waals surface area contributed by atoms with E-state index in [1.807, 2.05) is 9.80 Å². The van der Waals surface area contributed by atoms with E-state index in [2.05, 4.69) is 30.1 Å². The normalized spacial score (nSPS) is 24.9. The van der Waals surface area contributed by atoms with E-state index in [1.54, 1.807) is 0 Å². The van der Waals surface area contributed by atoms with Crippen LogP contribution in [0.4, 0.5) is 10.5 Å². The van der Waals surface area contributed by atoms with Crippen molar-refractivity contribution in [3.63, 3.8) is 0 Å². The van der Waals surface area contributed by atoms with E-state index in [4.69, 9.17) is 9.84 Å². The number of likely N-dealkylation sites (N-methyl/N-ethyl adjacent to an activating group) is 1. The van der Waals surface area contributed by atoms with Crippen LogP contribution in [0.25, 0.3) is 0 Å². The first-order valence-electron chi connectivity index (χ1n) is 10.7. The molecule has 0 spiro atoms. The largest absolute Gasteiger partial charge is 0.480 e. The molecule has 2 heterocycles. The fraction of sp³-hybridized carbons (Fsp3) is 0.636. The second kappa shape index (κ2) is 9.98. The summed E-state index contributed by atoms with van der Waals surface area (Å²) in [5.74, 6) is -0.926. The smallest absolute Gasteiger partial charge is 0.329 e. The van der Waals surface area contributed by atoms with Crippen molar-refractivity contribution in [1.82, 2.24) is 9.80 Å². The van der Waals surface area contributed by atoms with Gasteiger partial charge in [-0.2, -0.15) is 0 Å². The predicted molar refractivity (Wildman–Crippen MR) is 118 cm³/mol. The van der Waals surface area contributed by atoms with Gasteiger partial charge in [0, 0.05) is 37.9 Å². The Morgan fingerprint density at radius 3 is 2.47 bits per heavy atom. The van der Waals surface area contributed by atoms with Crippen molar-refractivity contribution in [3.8, 4) is 0 Å². The fourth-order valence-electron chi connectivity index (χ4n) is 4.84. The number of aliphatic carboxylic acids is 1. The van der Waals surface area contributed by atoms with Crippen molar-refractivity contribution in [2.24, 2.45) is 0 Å². The second-order valence-electron chi connectivity index (χ2n) is 8.52. The summed E-state index contributed by atoms with van der Waals surface area (Å²) >= 11 is 0. The van der Waals surface area contributed by atoms with Crippen LogP contribution in [0, 0.1) is 0 Å². The number of carbonyl (C=O) groups is 2. The Hall–Kier alpha value is -1.83. The lowest BCUT2D eigenvalue weighted by Gasteiger charge is -2.34. The SMILES string of the molecule is CN1CCc2ccc(N3CCN([C@H]4CC[C@H](OCC(=O)O)CC4)C3=O)cc2CC1.Cl. The molecule has 1 N–H and O–H groups in total. The Bertz CT molecular complexity index is 767. The highest BCUT2D eigenvalue weighted by atomic mass is 35.5. The van der Waals surface area contributed by atoms with Crippen LogP contribution in [-0.2, 0) is 22.4 Å². The maximum atomic E-state index is 13.1. The van der Waals surface area contributed by atoms with Gasteiger partial charge in [-0.1, -0.05) is 6.07 Å². The summed E-state index contributed by atoms with van der Waals surface area (Å²) in [5, 5.41) is 8.76. The third kappa shape index (κ3) is 5.07. The standard InChI is InChI=1S/C22H31N3O4.ClH/c1-23-10-8-16-2-3-19(14-17(16)9-11-23)25-13-12-24(22(25)28)18-4-6-20(7-5-18)29-15-21(26)27;/h2-3,14,18,20H,4-13,15H2,1H3,(H,26,27);1H/t18-,20-;. The molecule has 1 aromatic carbocycles. The molecule has 8 heteroatoms. The van der Waals surface area contributed by atoms with Crippen molar-refractivity contribution in [1.29, 1.82) is 0 Å². The average molecular weight is 438 g/mol. The Morgan fingerprint density at radius 2 is 1.77 bits per heavy atom. The Morgan fingerprint density at radius 1 is 1.07 bits per heavy atom. The Labute approximate surface area is 184 Å². The third-order valence-electron chi connectivity index (χ3n) is 6.60. The van der Waals surface area contributed by atoms with Gasteiger partial charge >= 0.3 is 12.0 Å². The molecule has 1 saturated heterocycles. The number of ether oxygens (including phenoxy) is 1. The summed E-state index contributed by atoms with van der Waals surface area (Å²) in [6, 6.07) is 6.84. The topological polar surface area (TPSA) is 73.3 Å². The number of amides is 2. The van der Waals surface area contributed by atoms with Crippen LogP contribution >= 0.6 is 12.4 Å². The van der Waals surface area contributed by atoms with Crippen LogP contribution < -0.4 is 4.90 Å². The third-order valence-corrected chi connectivity index (χ3v) is 6.60. The number of carboxylic acids is 1. The summed E-state index contributed by atoms with van der Waals surface area (Å²) in [7, 11) is 2.16. The van der Waals surface area contributed by atoms with Gasteiger partial charge in [0.2, 0.25) is 0 Å². The fourth-order valence-corrected chi connectivity index (χ4v) is 4.84. The average Bonchev–Trinajstić information content (AvgIpc) is 3.00. The van der Waals surface area contributed by atoms with Gasteiger partial charge in [0.1, 0.15) is 6.61 Å². The molecule has 0 bridgehead atoms. The first kappa shape index (κ1) is 22.8. The van der Waals surface area contributed by atoms with E-state index >= 15 is 0 Å². The summed E-state index contributed by atoms with van der Waals surface area (Å²) in [4.78, 5) is 30.1. The number of urea groups is 1. The van der Waals surface area contributed by atoms with Crippen LogP contribution in [0.3, 0.4) is 0 Å². The van der Waals surface area contributed by atoms with E-state index < -0.39 is 5.97 Å². The highest BCUT2D eigenvalue weighted by Crippen LogP contribution is 2.31. The Kier molecular flexibility index (Phi) is 7.60. The van der Waals surface area contributed by atoms with Gasteiger partial charge in [0.25, 0.3) is 0 Å². The molecule has 2 fully saturated rings. The van der Waals surface area contributed by atoms with Crippen molar-refractivity contribution in [2.75, 3.05) is 44.7 Å². The molecule has 0 radical (unpaired) electrons. The number of benzene rings is 1. The zero-order valence-corrected chi connectivity index (χ0v) is 18.4. The number of halogens is 1. The molecular formula is C22H32ClN3O4. The molecule has 4 rings (SSSR count). The van der Waals surface area contributed by atoms with Crippen molar-refractivity contribution in [2.45, 2.75) is 50.7 Å². The zero-order valence-electron chi connectivity index (χ0n) is 17.6. The zero-order chi connectivity index (χ0) is 20.4. The van der Waals surface area contributed by atoms with Gasteiger partial charge in [-0.05, 0) is 68.8 Å². The molecule has 2 amide bonds. The number of anilines is 1. The van der Waals surface area contributed by atoms with Gasteiger partial charge in [-0.3, -0.25) is 4.90 Å². The molecule has 2 aliphatic heterocycles. The number of rotatable bonds is 5. The van der Waals surface area contributed by atoms with Crippen molar-refractivity contribution >= 4 is 30.1 Å². The molecule has 166 valence electrons. The molecule has 1 aliphatic carbocycles. The van der Waals surface area contributed by atoms with E-state index in [0.29, 0.717) is 0 Å². The maximum Gasteiger partial charge on any atom is 0.329 e. The first-order valence-corrected chi connectivity index (χ1v) is 10.7. The highest BCUT2D eigenvalue weighted by Gasteiger charge is 2.36. The van der Waals surface area contributed by atoms with Crippen LogP contribution in [0.2, 0.25) is 0 Å². The van der Waals surface area contributed by atoms with E-state index in [-0.39, 0.29) is 37.2 Å². The summed E-state index contributed by atoms with van der Waals surface area (Å²) in [6.07, 6.45) is 5.48. The van der Waals surface area contributed by atoms with Crippen LogP contribution in [0.15, 0.2) is 18.2 Å². The first-order chi connectivity index (χ1) is 14.0. The molecule has 0 aromatic heterocycles. The minimum Gasteiger partial charge on any atom is -0.480 e. The number of carboxylic acid groups (broad SMARTS) is 1. The number of fused-ring (bicyclic) bond motifs is 1. The van der Waals surface area contributed by atoms with E-state index in [1.165, 1.54) is 11.1 Å². The molecule has 1 saturated carbocycles. The highest BCUT2D eigenvalue weighted by molar-refractivity contribution is 5.94. The number of hydrogen-bond donors (Lipinski definition) is 1. The second-order valence-corrected chi connectivity index (χ2v) is 8.52.